The molecule has 16 heavy (non-hydrogen) atoms. The Morgan fingerprint density at radius 3 is 2.88 bits per heavy atom. The van der Waals surface area contributed by atoms with Crippen molar-refractivity contribution in [3.63, 3.8) is 0 Å². The summed E-state index contributed by atoms with van der Waals surface area (Å²) in [7, 11) is 0. The Morgan fingerprint density at radius 1 is 1.31 bits per heavy atom. The molecule has 3 aliphatic rings. The van der Waals surface area contributed by atoms with Crippen LogP contribution < -0.4 is 5.32 Å². The topological polar surface area (TPSA) is 24.5 Å². The van der Waals surface area contributed by atoms with E-state index in [0.717, 1.165) is 18.6 Å². The molecule has 3 nitrogen and oxygen atoms in total. The van der Waals surface area contributed by atoms with Gasteiger partial charge in [0.15, 0.2) is 0 Å². The van der Waals surface area contributed by atoms with Crippen molar-refractivity contribution in [1.82, 2.24) is 10.2 Å². The SMILES string of the molecule is CC1CN(CC2CCCO2)C(C2CC2)CN1. The number of hydrogen-bond acceptors (Lipinski definition) is 3. The normalized spacial score (nSPS) is 41.4. The molecule has 2 heterocycles. The fourth-order valence-electron chi connectivity index (χ4n) is 3.21. The maximum absolute atomic E-state index is 5.78. The number of ether oxygens (including phenoxy) is 1. The lowest BCUT2D eigenvalue weighted by molar-refractivity contribution is 0.0354. The highest BCUT2D eigenvalue weighted by atomic mass is 16.5. The minimum Gasteiger partial charge on any atom is -0.377 e. The lowest BCUT2D eigenvalue weighted by Crippen LogP contribution is -2.57. The zero-order chi connectivity index (χ0) is 11.0. The standard InChI is InChI=1S/C13H24N2O/c1-10-8-15(9-12-3-2-6-16-12)13(7-14-10)11-4-5-11/h10-14H,2-9H2,1H3. The van der Waals surface area contributed by atoms with E-state index in [1.165, 1.54) is 45.3 Å². The molecule has 0 aromatic rings. The molecule has 92 valence electrons. The van der Waals surface area contributed by atoms with E-state index in [0.29, 0.717) is 12.1 Å². The minimum absolute atomic E-state index is 0.520. The maximum Gasteiger partial charge on any atom is 0.0702 e. The van der Waals surface area contributed by atoms with E-state index < -0.39 is 0 Å². The summed E-state index contributed by atoms with van der Waals surface area (Å²) in [6, 6.07) is 1.44. The molecule has 0 aromatic heterocycles. The van der Waals surface area contributed by atoms with Crippen molar-refractivity contribution >= 4 is 0 Å². The van der Waals surface area contributed by atoms with Gasteiger partial charge in [-0.05, 0) is 38.5 Å². The number of rotatable bonds is 3. The van der Waals surface area contributed by atoms with Crippen LogP contribution in [-0.4, -0.2) is 49.3 Å². The van der Waals surface area contributed by atoms with E-state index in [1.807, 2.05) is 0 Å². The molecule has 3 heteroatoms. The van der Waals surface area contributed by atoms with Gasteiger partial charge in [-0.3, -0.25) is 4.90 Å². The largest absolute Gasteiger partial charge is 0.377 e. The lowest BCUT2D eigenvalue weighted by Gasteiger charge is -2.40. The number of piperazine rings is 1. The van der Waals surface area contributed by atoms with Crippen molar-refractivity contribution in [2.45, 2.75) is 50.8 Å². The third-order valence-electron chi connectivity index (χ3n) is 4.28. The van der Waals surface area contributed by atoms with Gasteiger partial charge in [0.2, 0.25) is 0 Å². The molecule has 0 spiro atoms. The van der Waals surface area contributed by atoms with E-state index in [9.17, 15) is 0 Å². The van der Waals surface area contributed by atoms with Gasteiger partial charge in [-0.15, -0.1) is 0 Å². The van der Waals surface area contributed by atoms with E-state index >= 15 is 0 Å². The summed E-state index contributed by atoms with van der Waals surface area (Å²) < 4.78 is 5.78. The summed E-state index contributed by atoms with van der Waals surface area (Å²) in [4.78, 5) is 2.70. The van der Waals surface area contributed by atoms with Gasteiger partial charge in [0.05, 0.1) is 6.10 Å². The molecule has 3 fully saturated rings. The average molecular weight is 224 g/mol. The Kier molecular flexibility index (Phi) is 3.18. The molecule has 3 unspecified atom stereocenters. The van der Waals surface area contributed by atoms with Crippen LogP contribution in [0.5, 0.6) is 0 Å². The highest BCUT2D eigenvalue weighted by Crippen LogP contribution is 2.36. The Labute approximate surface area is 98.5 Å². The summed E-state index contributed by atoms with van der Waals surface area (Å²) in [5, 5.41) is 3.63. The molecular formula is C13H24N2O. The summed E-state index contributed by atoms with van der Waals surface area (Å²) >= 11 is 0. The molecule has 2 aliphatic heterocycles. The third kappa shape index (κ3) is 2.41. The van der Waals surface area contributed by atoms with Crippen LogP contribution in [-0.2, 0) is 4.74 Å². The second-order valence-corrected chi connectivity index (χ2v) is 5.80. The van der Waals surface area contributed by atoms with Gasteiger partial charge in [-0.1, -0.05) is 0 Å². The molecule has 1 aliphatic carbocycles. The third-order valence-corrected chi connectivity index (χ3v) is 4.28. The van der Waals surface area contributed by atoms with Crippen molar-refractivity contribution in [1.29, 1.82) is 0 Å². The first-order chi connectivity index (χ1) is 7.83. The van der Waals surface area contributed by atoms with Crippen molar-refractivity contribution in [2.24, 2.45) is 5.92 Å². The molecule has 0 bridgehead atoms. The zero-order valence-electron chi connectivity index (χ0n) is 10.3. The average Bonchev–Trinajstić information content (AvgIpc) is 2.98. The Hall–Kier alpha value is -0.120. The van der Waals surface area contributed by atoms with Gasteiger partial charge in [-0.25, -0.2) is 0 Å². The molecule has 3 atom stereocenters. The molecule has 0 radical (unpaired) electrons. The van der Waals surface area contributed by atoms with Crippen LogP contribution >= 0.6 is 0 Å². The van der Waals surface area contributed by atoms with Crippen LogP contribution in [0.15, 0.2) is 0 Å². The van der Waals surface area contributed by atoms with Crippen LogP contribution in [0, 0.1) is 5.92 Å². The first-order valence-electron chi connectivity index (χ1n) is 6.92. The monoisotopic (exact) mass is 224 g/mol. The highest BCUT2D eigenvalue weighted by molar-refractivity contribution is 4.95. The molecule has 0 aromatic carbocycles. The Balaban J connectivity index is 1.59. The fourth-order valence-corrected chi connectivity index (χ4v) is 3.21. The van der Waals surface area contributed by atoms with E-state index in [4.69, 9.17) is 4.74 Å². The maximum atomic E-state index is 5.78. The van der Waals surface area contributed by atoms with Crippen LogP contribution in [0.25, 0.3) is 0 Å². The van der Waals surface area contributed by atoms with E-state index in [2.05, 4.69) is 17.1 Å². The molecule has 3 rings (SSSR count). The quantitative estimate of drug-likeness (QED) is 0.780. The summed E-state index contributed by atoms with van der Waals surface area (Å²) in [5.41, 5.74) is 0. The second-order valence-electron chi connectivity index (χ2n) is 5.80. The number of hydrogen-bond donors (Lipinski definition) is 1. The predicted molar refractivity (Wildman–Crippen MR) is 64.5 cm³/mol. The second kappa shape index (κ2) is 4.63. The molecule has 1 saturated carbocycles. The highest BCUT2D eigenvalue weighted by Gasteiger charge is 2.38. The van der Waals surface area contributed by atoms with Crippen molar-refractivity contribution in [3.8, 4) is 0 Å². The minimum atomic E-state index is 0.520. The number of nitrogens with one attached hydrogen (secondary N) is 1. The van der Waals surface area contributed by atoms with Crippen LogP contribution in [0.2, 0.25) is 0 Å². The summed E-state index contributed by atoms with van der Waals surface area (Å²) in [5.74, 6) is 0.974. The Bertz CT molecular complexity index is 236. The van der Waals surface area contributed by atoms with Crippen LogP contribution in [0.4, 0.5) is 0 Å². The van der Waals surface area contributed by atoms with Gasteiger partial charge >= 0.3 is 0 Å². The summed E-state index contributed by atoms with van der Waals surface area (Å²) in [6.07, 6.45) is 5.95. The molecule has 0 amide bonds. The van der Waals surface area contributed by atoms with Gasteiger partial charge < -0.3 is 10.1 Å². The van der Waals surface area contributed by atoms with Crippen molar-refractivity contribution < 1.29 is 4.74 Å². The first kappa shape index (κ1) is 11.0. The lowest BCUT2D eigenvalue weighted by atomic mass is 10.0. The number of nitrogens with zero attached hydrogens (tertiary/aromatic N) is 1. The van der Waals surface area contributed by atoms with Gasteiger partial charge in [-0.2, -0.15) is 0 Å². The van der Waals surface area contributed by atoms with Crippen LogP contribution in [0.1, 0.15) is 32.6 Å². The first-order valence-corrected chi connectivity index (χ1v) is 6.92. The van der Waals surface area contributed by atoms with E-state index in [-0.39, 0.29) is 0 Å². The Morgan fingerprint density at radius 2 is 2.19 bits per heavy atom. The zero-order valence-corrected chi connectivity index (χ0v) is 10.3. The van der Waals surface area contributed by atoms with Crippen LogP contribution in [0.3, 0.4) is 0 Å². The predicted octanol–water partition coefficient (Wildman–Crippen LogP) is 1.24. The van der Waals surface area contributed by atoms with Gasteiger partial charge in [0.1, 0.15) is 0 Å². The molecule has 1 N–H and O–H groups in total. The molecule has 2 saturated heterocycles. The molecular weight excluding hydrogens is 200 g/mol. The fraction of sp³-hybridized carbons (Fsp3) is 1.00. The van der Waals surface area contributed by atoms with Crippen molar-refractivity contribution in [2.75, 3.05) is 26.2 Å². The smallest absolute Gasteiger partial charge is 0.0702 e. The van der Waals surface area contributed by atoms with E-state index in [1.54, 1.807) is 0 Å². The van der Waals surface area contributed by atoms with Crippen molar-refractivity contribution in [3.05, 3.63) is 0 Å². The van der Waals surface area contributed by atoms with Gasteiger partial charge in [0.25, 0.3) is 0 Å². The summed E-state index contributed by atoms with van der Waals surface area (Å²) in [6.45, 7) is 6.86. The van der Waals surface area contributed by atoms with Gasteiger partial charge in [0, 0.05) is 38.3 Å².